The molecule has 6 rings (SSSR count). The summed E-state index contributed by atoms with van der Waals surface area (Å²) in [6, 6.07) is 10.5. The molecule has 5 heterocycles. The van der Waals surface area contributed by atoms with Crippen LogP contribution >= 0.6 is 0 Å². The van der Waals surface area contributed by atoms with Crippen LogP contribution in [-0.2, 0) is 4.74 Å². The standard InChI is InChI=1S/C27H29N9O4/c37-26(31-20-5-9-28-10-6-20)30-19-3-1-18(2-4-19)23-32-24(34-13-15-40-16-14-34)22-17-29-36(25(22)33-23)21-7-11-35(12-8-21)27(38)39/h1-6,9-10,17,21H,7-8,11-16H2,(H,38,39)(H2,28,30,31,37). The Morgan fingerprint density at radius 1 is 0.900 bits per heavy atom. The van der Waals surface area contributed by atoms with Crippen molar-refractivity contribution in [3.05, 3.63) is 55.0 Å². The van der Waals surface area contributed by atoms with Gasteiger partial charge in [0.05, 0.1) is 30.8 Å². The zero-order valence-electron chi connectivity index (χ0n) is 21.7. The fraction of sp³-hybridized carbons (Fsp3) is 0.333. The van der Waals surface area contributed by atoms with Crippen molar-refractivity contribution in [2.45, 2.75) is 18.9 Å². The second-order valence-corrected chi connectivity index (χ2v) is 9.69. The van der Waals surface area contributed by atoms with Crippen molar-refractivity contribution in [2.75, 3.05) is 54.9 Å². The number of nitrogens with zero attached hydrogens (tertiary/aromatic N) is 7. The second kappa shape index (κ2) is 11.1. The van der Waals surface area contributed by atoms with Gasteiger partial charge in [0.2, 0.25) is 0 Å². The van der Waals surface area contributed by atoms with Crippen molar-refractivity contribution in [1.82, 2.24) is 29.6 Å². The number of anilines is 3. The van der Waals surface area contributed by atoms with Gasteiger partial charge in [0.25, 0.3) is 0 Å². The summed E-state index contributed by atoms with van der Waals surface area (Å²) in [4.78, 5) is 41.2. The average molecular weight is 544 g/mol. The minimum absolute atomic E-state index is 0.0406. The predicted octanol–water partition coefficient (Wildman–Crippen LogP) is 3.68. The van der Waals surface area contributed by atoms with Gasteiger partial charge in [-0.2, -0.15) is 5.10 Å². The zero-order chi connectivity index (χ0) is 27.5. The Kier molecular flexibility index (Phi) is 7.10. The summed E-state index contributed by atoms with van der Waals surface area (Å²) in [5.74, 6) is 1.35. The topological polar surface area (TPSA) is 151 Å². The predicted molar refractivity (Wildman–Crippen MR) is 149 cm³/mol. The van der Waals surface area contributed by atoms with Gasteiger partial charge in [-0.05, 0) is 49.2 Å². The maximum atomic E-state index is 12.4. The van der Waals surface area contributed by atoms with E-state index in [2.05, 4.69) is 20.5 Å². The summed E-state index contributed by atoms with van der Waals surface area (Å²) in [7, 11) is 0. The first-order chi connectivity index (χ1) is 19.5. The Morgan fingerprint density at radius 2 is 1.57 bits per heavy atom. The van der Waals surface area contributed by atoms with Crippen LogP contribution in [0.4, 0.5) is 26.8 Å². The molecule has 3 N–H and O–H groups in total. The van der Waals surface area contributed by atoms with Crippen molar-refractivity contribution in [1.29, 1.82) is 0 Å². The SMILES string of the molecule is O=C(Nc1ccncc1)Nc1ccc(-c2nc(N3CCOCC3)c3cnn(C4CCN(C(=O)O)CC4)c3n2)cc1. The molecule has 0 atom stereocenters. The third-order valence-corrected chi connectivity index (χ3v) is 7.16. The lowest BCUT2D eigenvalue weighted by Gasteiger charge is -2.30. The smallest absolute Gasteiger partial charge is 0.407 e. The molecule has 13 nitrogen and oxygen atoms in total. The lowest BCUT2D eigenvalue weighted by Crippen LogP contribution is -2.38. The summed E-state index contributed by atoms with van der Waals surface area (Å²) in [5.41, 5.74) is 2.79. The molecule has 0 radical (unpaired) electrons. The highest BCUT2D eigenvalue weighted by Crippen LogP contribution is 2.32. The second-order valence-electron chi connectivity index (χ2n) is 9.69. The van der Waals surface area contributed by atoms with Crippen LogP contribution in [0, 0.1) is 0 Å². The first-order valence-electron chi connectivity index (χ1n) is 13.2. The molecular formula is C27H29N9O4. The fourth-order valence-electron chi connectivity index (χ4n) is 5.06. The summed E-state index contributed by atoms with van der Waals surface area (Å²) in [5, 5.41) is 20.5. The molecule has 206 valence electrons. The minimum Gasteiger partial charge on any atom is -0.465 e. The Hall–Kier alpha value is -4.78. The molecule has 40 heavy (non-hydrogen) atoms. The van der Waals surface area contributed by atoms with Crippen molar-refractivity contribution < 1.29 is 19.4 Å². The minimum atomic E-state index is -0.893. The molecule has 0 unspecified atom stereocenters. The Bertz CT molecular complexity index is 1500. The lowest BCUT2D eigenvalue weighted by atomic mass is 10.1. The molecule has 13 heteroatoms. The number of carbonyl (C=O) groups is 2. The van der Waals surface area contributed by atoms with Crippen LogP contribution in [0.25, 0.3) is 22.4 Å². The Balaban J connectivity index is 1.28. The van der Waals surface area contributed by atoms with Gasteiger partial charge in [-0.15, -0.1) is 0 Å². The molecule has 0 spiro atoms. The number of pyridine rings is 1. The molecule has 0 aliphatic carbocycles. The molecule has 2 saturated heterocycles. The summed E-state index contributed by atoms with van der Waals surface area (Å²) in [6.07, 6.45) is 5.46. The Morgan fingerprint density at radius 3 is 2.25 bits per heavy atom. The van der Waals surface area contributed by atoms with Gasteiger partial charge < -0.3 is 30.3 Å². The number of nitrogens with one attached hydrogen (secondary N) is 2. The number of urea groups is 1. The molecule has 2 aliphatic rings. The molecule has 0 saturated carbocycles. The number of carbonyl (C=O) groups excluding carboxylic acids is 1. The molecular weight excluding hydrogens is 514 g/mol. The first kappa shape index (κ1) is 25.5. The highest BCUT2D eigenvalue weighted by molar-refractivity contribution is 5.99. The maximum absolute atomic E-state index is 12.4. The number of hydrogen-bond donors (Lipinski definition) is 3. The number of fused-ring (bicyclic) bond motifs is 1. The third-order valence-electron chi connectivity index (χ3n) is 7.16. The number of piperidine rings is 1. The largest absolute Gasteiger partial charge is 0.465 e. The molecule has 2 fully saturated rings. The number of aromatic nitrogens is 5. The number of ether oxygens (including phenoxy) is 1. The number of likely N-dealkylation sites (tertiary alicyclic amines) is 1. The van der Waals surface area contributed by atoms with E-state index in [0.717, 1.165) is 22.4 Å². The Labute approximate surface area is 229 Å². The van der Waals surface area contributed by atoms with Gasteiger partial charge in [0.15, 0.2) is 11.5 Å². The number of amides is 3. The molecule has 4 aromatic rings. The van der Waals surface area contributed by atoms with Crippen LogP contribution in [-0.4, -0.2) is 86.3 Å². The average Bonchev–Trinajstić information content (AvgIpc) is 3.42. The number of hydrogen-bond acceptors (Lipinski definition) is 8. The zero-order valence-corrected chi connectivity index (χ0v) is 21.7. The van der Waals surface area contributed by atoms with E-state index in [1.807, 2.05) is 35.1 Å². The van der Waals surface area contributed by atoms with E-state index in [9.17, 15) is 14.7 Å². The summed E-state index contributed by atoms with van der Waals surface area (Å²) >= 11 is 0. The monoisotopic (exact) mass is 543 g/mol. The third kappa shape index (κ3) is 5.36. The fourth-order valence-corrected chi connectivity index (χ4v) is 5.06. The van der Waals surface area contributed by atoms with Crippen LogP contribution in [0.15, 0.2) is 55.0 Å². The van der Waals surface area contributed by atoms with E-state index in [0.29, 0.717) is 69.4 Å². The highest BCUT2D eigenvalue weighted by Gasteiger charge is 2.27. The van der Waals surface area contributed by atoms with Crippen molar-refractivity contribution in [3.63, 3.8) is 0 Å². The van der Waals surface area contributed by atoms with E-state index >= 15 is 0 Å². The van der Waals surface area contributed by atoms with Gasteiger partial charge in [-0.1, -0.05) is 0 Å². The van der Waals surface area contributed by atoms with Gasteiger partial charge in [-0.3, -0.25) is 4.98 Å². The van der Waals surface area contributed by atoms with Crippen molar-refractivity contribution >= 4 is 40.4 Å². The molecule has 2 aliphatic heterocycles. The highest BCUT2D eigenvalue weighted by atomic mass is 16.5. The van der Waals surface area contributed by atoms with E-state index in [-0.39, 0.29) is 12.1 Å². The maximum Gasteiger partial charge on any atom is 0.407 e. The summed E-state index contributed by atoms with van der Waals surface area (Å²) < 4.78 is 7.48. The van der Waals surface area contributed by atoms with E-state index < -0.39 is 6.09 Å². The number of morpholine rings is 1. The van der Waals surface area contributed by atoms with E-state index in [4.69, 9.17) is 19.8 Å². The normalized spacial score (nSPS) is 16.2. The van der Waals surface area contributed by atoms with Crippen LogP contribution in [0.3, 0.4) is 0 Å². The molecule has 0 bridgehead atoms. The van der Waals surface area contributed by atoms with Gasteiger partial charge in [-0.25, -0.2) is 24.2 Å². The van der Waals surface area contributed by atoms with Crippen molar-refractivity contribution in [3.8, 4) is 11.4 Å². The van der Waals surface area contributed by atoms with Crippen molar-refractivity contribution in [2.24, 2.45) is 0 Å². The van der Waals surface area contributed by atoms with E-state index in [1.54, 1.807) is 24.5 Å². The van der Waals surface area contributed by atoms with Gasteiger partial charge >= 0.3 is 12.1 Å². The van der Waals surface area contributed by atoms with Crippen LogP contribution < -0.4 is 15.5 Å². The van der Waals surface area contributed by atoms with E-state index in [1.165, 1.54) is 4.90 Å². The van der Waals surface area contributed by atoms with Crippen LogP contribution in [0.1, 0.15) is 18.9 Å². The number of rotatable bonds is 5. The molecule has 1 aromatic carbocycles. The quantitative estimate of drug-likeness (QED) is 0.342. The number of carboxylic acid groups (broad SMARTS) is 1. The molecule has 3 aromatic heterocycles. The lowest BCUT2D eigenvalue weighted by molar-refractivity contribution is 0.122. The van der Waals surface area contributed by atoms with Gasteiger partial charge in [0.1, 0.15) is 5.82 Å². The molecule has 3 amide bonds. The number of benzene rings is 1. The van der Waals surface area contributed by atoms with Crippen LogP contribution in [0.2, 0.25) is 0 Å². The summed E-state index contributed by atoms with van der Waals surface area (Å²) in [6.45, 7) is 3.57. The first-order valence-corrected chi connectivity index (χ1v) is 13.2. The van der Waals surface area contributed by atoms with Gasteiger partial charge in [0, 0.05) is 55.5 Å². The van der Waals surface area contributed by atoms with Crippen LogP contribution in [0.5, 0.6) is 0 Å².